The van der Waals surface area contributed by atoms with Crippen LogP contribution in [-0.4, -0.2) is 24.8 Å². The summed E-state index contributed by atoms with van der Waals surface area (Å²) in [6.07, 6.45) is 8.64. The van der Waals surface area contributed by atoms with E-state index in [0.717, 1.165) is 31.3 Å². The molecule has 0 aromatic rings. The Kier molecular flexibility index (Phi) is 4.61. The van der Waals surface area contributed by atoms with Crippen molar-refractivity contribution in [2.45, 2.75) is 78.2 Å². The zero-order valence-electron chi connectivity index (χ0n) is 16.0. The Bertz CT molecular complexity index is 505. The minimum absolute atomic E-state index is 0.0388. The van der Waals surface area contributed by atoms with E-state index in [4.69, 9.17) is 9.47 Å². The summed E-state index contributed by atoms with van der Waals surface area (Å²) in [5.74, 6) is 1.36. The zero-order chi connectivity index (χ0) is 17.6. The van der Waals surface area contributed by atoms with Crippen molar-refractivity contribution in [2.75, 3.05) is 13.2 Å². The summed E-state index contributed by atoms with van der Waals surface area (Å²) in [6, 6.07) is 0. The van der Waals surface area contributed by atoms with Gasteiger partial charge in [-0.2, -0.15) is 0 Å². The number of ether oxygens (including phenoxy) is 2. The maximum absolute atomic E-state index is 11.9. The Hall–Kier alpha value is -0.830. The molecular weight excluding hydrogens is 300 g/mol. The number of carbonyl (C=O) groups excluding carboxylic acids is 1. The van der Waals surface area contributed by atoms with E-state index in [1.807, 2.05) is 0 Å². The topological polar surface area (TPSA) is 35.5 Å². The van der Waals surface area contributed by atoms with E-state index >= 15 is 0 Å². The van der Waals surface area contributed by atoms with Gasteiger partial charge in [0.25, 0.3) is 0 Å². The van der Waals surface area contributed by atoms with Crippen LogP contribution in [0.4, 0.5) is 0 Å². The molecule has 4 bridgehead atoms. The van der Waals surface area contributed by atoms with Gasteiger partial charge in [0.2, 0.25) is 0 Å². The van der Waals surface area contributed by atoms with E-state index in [2.05, 4.69) is 27.4 Å². The Morgan fingerprint density at radius 2 is 1.67 bits per heavy atom. The summed E-state index contributed by atoms with van der Waals surface area (Å²) in [6.45, 7) is 13.5. The van der Waals surface area contributed by atoms with Gasteiger partial charge in [-0.05, 0) is 83.0 Å². The molecule has 0 radical (unpaired) electrons. The molecule has 4 fully saturated rings. The Balaban J connectivity index is 1.70. The van der Waals surface area contributed by atoms with Gasteiger partial charge in [0.15, 0.2) is 0 Å². The highest BCUT2D eigenvalue weighted by Crippen LogP contribution is 2.65. The summed E-state index contributed by atoms with van der Waals surface area (Å²) in [5.41, 5.74) is 0.965. The lowest BCUT2D eigenvalue weighted by molar-refractivity contribution is -0.181. The molecule has 3 heteroatoms. The summed E-state index contributed by atoms with van der Waals surface area (Å²) >= 11 is 0. The first-order chi connectivity index (χ1) is 11.2. The smallest absolute Gasteiger partial charge is 0.333 e. The van der Waals surface area contributed by atoms with Crippen LogP contribution in [0, 0.1) is 22.7 Å². The monoisotopic (exact) mass is 334 g/mol. The molecule has 24 heavy (non-hydrogen) atoms. The fraction of sp³-hybridized carbons (Fsp3) is 0.857. The SMILES string of the molecule is C=C(C)C(=O)OCC12CC3CC(C1)CC(COC(C)(C)CC)(C3)C2. The van der Waals surface area contributed by atoms with Gasteiger partial charge >= 0.3 is 5.97 Å². The first-order valence-corrected chi connectivity index (χ1v) is 9.63. The maximum atomic E-state index is 11.9. The van der Waals surface area contributed by atoms with Crippen LogP contribution in [0.15, 0.2) is 12.2 Å². The van der Waals surface area contributed by atoms with Gasteiger partial charge in [-0.1, -0.05) is 13.5 Å². The van der Waals surface area contributed by atoms with Gasteiger partial charge < -0.3 is 9.47 Å². The van der Waals surface area contributed by atoms with Gasteiger partial charge in [0.05, 0.1) is 18.8 Å². The van der Waals surface area contributed by atoms with Crippen LogP contribution in [0.3, 0.4) is 0 Å². The van der Waals surface area contributed by atoms with Crippen LogP contribution in [0.1, 0.15) is 72.6 Å². The molecule has 0 spiro atoms. The fourth-order valence-electron chi connectivity index (χ4n) is 5.78. The Morgan fingerprint density at radius 3 is 2.17 bits per heavy atom. The van der Waals surface area contributed by atoms with Crippen LogP contribution in [0.25, 0.3) is 0 Å². The van der Waals surface area contributed by atoms with Crippen LogP contribution < -0.4 is 0 Å². The summed E-state index contributed by atoms with van der Waals surface area (Å²) < 4.78 is 12.0. The van der Waals surface area contributed by atoms with Gasteiger partial charge in [-0.3, -0.25) is 0 Å². The second-order valence-electron chi connectivity index (χ2n) is 9.72. The van der Waals surface area contributed by atoms with Crippen LogP contribution in [-0.2, 0) is 14.3 Å². The predicted molar refractivity (Wildman–Crippen MR) is 95.6 cm³/mol. The molecule has 0 aliphatic heterocycles. The molecule has 4 aliphatic rings. The maximum Gasteiger partial charge on any atom is 0.333 e. The predicted octanol–water partition coefficient (Wildman–Crippen LogP) is 4.90. The van der Waals surface area contributed by atoms with Crippen molar-refractivity contribution in [3.8, 4) is 0 Å². The van der Waals surface area contributed by atoms with Gasteiger partial charge in [0.1, 0.15) is 0 Å². The normalized spacial score (nSPS) is 37.5. The largest absolute Gasteiger partial charge is 0.462 e. The lowest BCUT2D eigenvalue weighted by Crippen LogP contribution is -2.55. The van der Waals surface area contributed by atoms with Gasteiger partial charge in [0, 0.05) is 11.0 Å². The molecule has 2 unspecified atom stereocenters. The highest BCUT2D eigenvalue weighted by Gasteiger charge is 2.58. The van der Waals surface area contributed by atoms with Crippen molar-refractivity contribution in [3.63, 3.8) is 0 Å². The standard InChI is InChI=1S/C21H34O3/c1-6-19(4,5)24-14-21-10-16-7-17(11-21)9-20(8-16,12-21)13-23-18(22)15(2)3/h16-17H,2,6-14H2,1,3-5H3. The summed E-state index contributed by atoms with van der Waals surface area (Å²) in [7, 11) is 0. The molecule has 0 amide bonds. The number of esters is 1. The van der Waals surface area contributed by atoms with E-state index in [1.165, 1.54) is 32.1 Å². The van der Waals surface area contributed by atoms with Crippen molar-refractivity contribution in [3.05, 3.63) is 12.2 Å². The number of rotatable bonds is 7. The highest BCUT2D eigenvalue weighted by molar-refractivity contribution is 5.86. The molecule has 0 saturated heterocycles. The lowest BCUT2D eigenvalue weighted by atomic mass is 9.44. The van der Waals surface area contributed by atoms with Crippen molar-refractivity contribution >= 4 is 5.97 Å². The number of hydrogen-bond donors (Lipinski definition) is 0. The number of carbonyl (C=O) groups is 1. The molecule has 0 N–H and O–H groups in total. The third-order valence-electron chi connectivity index (χ3n) is 6.78. The molecule has 136 valence electrons. The van der Waals surface area contributed by atoms with Crippen molar-refractivity contribution < 1.29 is 14.3 Å². The van der Waals surface area contributed by atoms with Crippen LogP contribution in [0.2, 0.25) is 0 Å². The zero-order valence-corrected chi connectivity index (χ0v) is 16.0. The van der Waals surface area contributed by atoms with Gasteiger partial charge in [-0.15, -0.1) is 0 Å². The second-order valence-corrected chi connectivity index (χ2v) is 9.72. The second kappa shape index (κ2) is 6.16. The third kappa shape index (κ3) is 3.56. The molecular formula is C21H34O3. The van der Waals surface area contributed by atoms with Crippen molar-refractivity contribution in [1.29, 1.82) is 0 Å². The van der Waals surface area contributed by atoms with Crippen LogP contribution in [0.5, 0.6) is 0 Å². The molecule has 2 atom stereocenters. The fourth-order valence-corrected chi connectivity index (χ4v) is 5.78. The first-order valence-electron chi connectivity index (χ1n) is 9.63. The number of hydrogen-bond acceptors (Lipinski definition) is 3. The molecule has 4 saturated carbocycles. The van der Waals surface area contributed by atoms with E-state index in [1.54, 1.807) is 6.92 Å². The van der Waals surface area contributed by atoms with Crippen molar-refractivity contribution in [2.24, 2.45) is 22.7 Å². The van der Waals surface area contributed by atoms with E-state index in [0.29, 0.717) is 17.6 Å². The Morgan fingerprint density at radius 1 is 1.12 bits per heavy atom. The lowest BCUT2D eigenvalue weighted by Gasteiger charge is -2.62. The van der Waals surface area contributed by atoms with Gasteiger partial charge in [-0.25, -0.2) is 4.79 Å². The molecule has 0 aromatic heterocycles. The van der Waals surface area contributed by atoms with E-state index in [-0.39, 0.29) is 17.0 Å². The average Bonchev–Trinajstić information content (AvgIpc) is 2.50. The minimum Gasteiger partial charge on any atom is -0.462 e. The van der Waals surface area contributed by atoms with E-state index < -0.39 is 0 Å². The van der Waals surface area contributed by atoms with Crippen LogP contribution >= 0.6 is 0 Å². The first kappa shape index (κ1) is 18.0. The molecule has 4 rings (SSSR count). The Labute approximate surface area is 147 Å². The average molecular weight is 335 g/mol. The minimum atomic E-state index is -0.233. The molecule has 0 aromatic carbocycles. The molecule has 4 aliphatic carbocycles. The summed E-state index contributed by atoms with van der Waals surface area (Å²) in [4.78, 5) is 11.9. The third-order valence-corrected chi connectivity index (χ3v) is 6.78. The quantitative estimate of drug-likeness (QED) is 0.491. The van der Waals surface area contributed by atoms with E-state index in [9.17, 15) is 4.79 Å². The van der Waals surface area contributed by atoms with Crippen molar-refractivity contribution in [1.82, 2.24) is 0 Å². The molecule has 3 nitrogen and oxygen atoms in total. The molecule has 0 heterocycles. The summed E-state index contributed by atoms with van der Waals surface area (Å²) in [5, 5.41) is 0. The highest BCUT2D eigenvalue weighted by atomic mass is 16.5.